The zero-order valence-electron chi connectivity index (χ0n) is 20.0. The number of thiazole rings is 1. The third-order valence-electron chi connectivity index (χ3n) is 6.42. The van der Waals surface area contributed by atoms with Gasteiger partial charge in [-0.1, -0.05) is 34.1 Å². The molecule has 0 spiro atoms. The highest BCUT2D eigenvalue weighted by Gasteiger charge is 2.29. The molecule has 1 fully saturated rings. The Hall–Kier alpha value is -3.60. The van der Waals surface area contributed by atoms with E-state index in [2.05, 4.69) is 26.2 Å². The summed E-state index contributed by atoms with van der Waals surface area (Å²) >= 11 is 6.54. The van der Waals surface area contributed by atoms with E-state index in [1.807, 2.05) is 60.7 Å². The molecule has 6 rings (SSSR count). The summed E-state index contributed by atoms with van der Waals surface area (Å²) in [5.74, 6) is -1.32. The van der Waals surface area contributed by atoms with Gasteiger partial charge in [-0.15, -0.1) is 22.7 Å². The Balaban J connectivity index is 1.05. The second-order valence-electron chi connectivity index (χ2n) is 8.90. The molecule has 0 unspecified atom stereocenters. The van der Waals surface area contributed by atoms with Crippen LogP contribution in [0.25, 0.3) is 30.9 Å². The van der Waals surface area contributed by atoms with Crippen molar-refractivity contribution in [2.24, 2.45) is 0 Å². The van der Waals surface area contributed by atoms with Crippen LogP contribution in [0.4, 0.5) is 5.69 Å². The lowest BCUT2D eigenvalue weighted by molar-refractivity contribution is -0.144. The number of amides is 3. The van der Waals surface area contributed by atoms with Gasteiger partial charge in [-0.25, -0.2) is 4.98 Å². The fourth-order valence-electron chi connectivity index (χ4n) is 4.40. The molecule has 190 valence electrons. The van der Waals surface area contributed by atoms with Gasteiger partial charge in [0.1, 0.15) is 5.01 Å². The molecule has 0 saturated carbocycles. The first-order valence-electron chi connectivity index (χ1n) is 12.0. The van der Waals surface area contributed by atoms with Crippen LogP contribution in [-0.2, 0) is 9.59 Å². The summed E-state index contributed by atoms with van der Waals surface area (Å²) in [5.41, 5.74) is 2.40. The Morgan fingerprint density at radius 1 is 0.816 bits per heavy atom. The van der Waals surface area contributed by atoms with E-state index < -0.39 is 11.8 Å². The first-order valence-corrected chi connectivity index (χ1v) is 14.4. The van der Waals surface area contributed by atoms with Crippen molar-refractivity contribution in [2.75, 3.05) is 31.5 Å². The van der Waals surface area contributed by atoms with E-state index in [9.17, 15) is 14.4 Å². The molecule has 0 atom stereocenters. The summed E-state index contributed by atoms with van der Waals surface area (Å²) in [5, 5.41) is 4.63. The minimum Gasteiger partial charge on any atom is -0.334 e. The average molecular weight is 606 g/mol. The molecular formula is C28H21BrN4O3S2. The minimum atomic E-state index is -0.688. The molecule has 1 saturated heterocycles. The topological polar surface area (TPSA) is 82.6 Å². The number of carbonyl (C=O) groups is 3. The number of fused-ring (bicyclic) bond motifs is 2. The predicted molar refractivity (Wildman–Crippen MR) is 156 cm³/mol. The molecule has 0 radical (unpaired) electrons. The van der Waals surface area contributed by atoms with Crippen LogP contribution in [0, 0.1) is 0 Å². The van der Waals surface area contributed by atoms with Gasteiger partial charge in [0.05, 0.1) is 15.1 Å². The third kappa shape index (κ3) is 4.94. The number of thiophene rings is 1. The maximum atomic E-state index is 13.0. The number of carbonyl (C=O) groups excluding carboxylic acids is 3. The largest absolute Gasteiger partial charge is 0.334 e. The number of rotatable bonds is 3. The third-order valence-corrected chi connectivity index (χ3v) is 9.11. The lowest BCUT2D eigenvalue weighted by Crippen LogP contribution is -2.52. The fraction of sp³-hybridized carbons (Fsp3) is 0.143. The van der Waals surface area contributed by atoms with Gasteiger partial charge in [-0.3, -0.25) is 14.4 Å². The van der Waals surface area contributed by atoms with Crippen molar-refractivity contribution in [3.63, 3.8) is 0 Å². The molecule has 3 aromatic carbocycles. The number of nitrogens with zero attached hydrogens (tertiary/aromatic N) is 3. The molecule has 38 heavy (non-hydrogen) atoms. The van der Waals surface area contributed by atoms with E-state index in [-0.39, 0.29) is 5.91 Å². The van der Waals surface area contributed by atoms with Crippen LogP contribution in [0.2, 0.25) is 0 Å². The Morgan fingerprint density at radius 2 is 1.55 bits per heavy atom. The number of piperazine rings is 1. The first-order chi connectivity index (χ1) is 18.4. The highest BCUT2D eigenvalue weighted by Crippen LogP contribution is 2.32. The van der Waals surface area contributed by atoms with E-state index in [4.69, 9.17) is 0 Å². The number of aromatic nitrogens is 1. The van der Waals surface area contributed by atoms with Crippen LogP contribution in [0.3, 0.4) is 0 Å². The molecule has 1 N–H and O–H groups in total. The highest BCUT2D eigenvalue weighted by molar-refractivity contribution is 9.10. The van der Waals surface area contributed by atoms with Gasteiger partial charge in [0.25, 0.3) is 5.91 Å². The molecule has 0 bridgehead atoms. The minimum absolute atomic E-state index is 0.0383. The van der Waals surface area contributed by atoms with E-state index >= 15 is 0 Å². The Kier molecular flexibility index (Phi) is 6.69. The lowest BCUT2D eigenvalue weighted by atomic mass is 10.2. The van der Waals surface area contributed by atoms with Gasteiger partial charge in [0, 0.05) is 46.6 Å². The molecule has 1 aliphatic rings. The second-order valence-corrected chi connectivity index (χ2v) is 11.9. The highest BCUT2D eigenvalue weighted by atomic mass is 79.9. The van der Waals surface area contributed by atoms with Crippen molar-refractivity contribution in [3.8, 4) is 10.6 Å². The molecule has 1 aliphatic heterocycles. The normalized spacial score (nSPS) is 13.7. The van der Waals surface area contributed by atoms with E-state index in [0.717, 1.165) is 35.3 Å². The van der Waals surface area contributed by atoms with Gasteiger partial charge in [-0.05, 0) is 60.0 Å². The molecular weight excluding hydrogens is 584 g/mol. The Bertz CT molecular complexity index is 1650. The lowest BCUT2D eigenvalue weighted by Gasteiger charge is -2.34. The van der Waals surface area contributed by atoms with Crippen LogP contribution in [0.5, 0.6) is 0 Å². The van der Waals surface area contributed by atoms with Crippen molar-refractivity contribution in [1.82, 2.24) is 14.8 Å². The molecule has 7 nitrogen and oxygen atoms in total. The van der Waals surface area contributed by atoms with Crippen molar-refractivity contribution >= 4 is 82.3 Å². The molecule has 2 aromatic heterocycles. The van der Waals surface area contributed by atoms with E-state index in [1.54, 1.807) is 28.4 Å². The first kappa shape index (κ1) is 24.7. The van der Waals surface area contributed by atoms with Crippen LogP contribution >= 0.6 is 38.6 Å². The maximum absolute atomic E-state index is 13.0. The van der Waals surface area contributed by atoms with Gasteiger partial charge in [-0.2, -0.15) is 0 Å². The predicted octanol–water partition coefficient (Wildman–Crippen LogP) is 5.86. The number of hydrogen-bond donors (Lipinski definition) is 1. The van der Waals surface area contributed by atoms with E-state index in [1.165, 1.54) is 16.2 Å². The number of hydrogen-bond acceptors (Lipinski definition) is 6. The summed E-state index contributed by atoms with van der Waals surface area (Å²) in [7, 11) is 0. The summed E-state index contributed by atoms with van der Waals surface area (Å²) in [6.45, 7) is 1.41. The smallest absolute Gasteiger partial charge is 0.313 e. The second kappa shape index (κ2) is 10.3. The fourth-order valence-corrected chi connectivity index (χ4v) is 6.74. The van der Waals surface area contributed by atoms with Gasteiger partial charge >= 0.3 is 11.8 Å². The molecule has 3 amide bonds. The van der Waals surface area contributed by atoms with Crippen molar-refractivity contribution in [3.05, 3.63) is 82.1 Å². The van der Waals surface area contributed by atoms with Crippen molar-refractivity contribution < 1.29 is 14.4 Å². The molecule has 5 aromatic rings. The van der Waals surface area contributed by atoms with Crippen molar-refractivity contribution in [1.29, 1.82) is 0 Å². The number of halogens is 1. The van der Waals surface area contributed by atoms with Crippen LogP contribution in [-0.4, -0.2) is 58.7 Å². The van der Waals surface area contributed by atoms with Crippen LogP contribution in [0.15, 0.2) is 77.3 Å². The van der Waals surface area contributed by atoms with Gasteiger partial charge in [0.15, 0.2) is 0 Å². The summed E-state index contributed by atoms with van der Waals surface area (Å²) in [6, 6.07) is 23.1. The standard InChI is InChI=1S/C28H21BrN4O3S2/c29-19-7-10-23-21(16-19)31-26(38-23)17-5-8-20(9-6-17)30-25(34)28(36)33-13-11-32(12-14-33)27(35)24-15-18-3-1-2-4-22(18)37-24/h1-10,15-16H,11-14H2,(H,30,34). The zero-order valence-corrected chi connectivity index (χ0v) is 23.2. The summed E-state index contributed by atoms with van der Waals surface area (Å²) < 4.78 is 3.15. The number of nitrogens with one attached hydrogen (secondary N) is 1. The number of anilines is 1. The van der Waals surface area contributed by atoms with Crippen molar-refractivity contribution in [2.45, 2.75) is 0 Å². The Labute approximate surface area is 234 Å². The SMILES string of the molecule is O=C(Nc1ccc(-c2nc3cc(Br)ccc3s2)cc1)C(=O)N1CCN(C(=O)c2cc3ccccc3s2)CC1. The molecule has 0 aliphatic carbocycles. The van der Waals surface area contributed by atoms with Gasteiger partial charge < -0.3 is 15.1 Å². The average Bonchev–Trinajstić information content (AvgIpc) is 3.57. The van der Waals surface area contributed by atoms with E-state index in [0.29, 0.717) is 36.7 Å². The summed E-state index contributed by atoms with van der Waals surface area (Å²) in [4.78, 5) is 47.0. The number of benzene rings is 3. The van der Waals surface area contributed by atoms with Crippen LogP contribution in [0.1, 0.15) is 9.67 Å². The Morgan fingerprint density at radius 3 is 2.32 bits per heavy atom. The zero-order chi connectivity index (χ0) is 26.2. The van der Waals surface area contributed by atoms with Gasteiger partial charge in [0.2, 0.25) is 0 Å². The van der Waals surface area contributed by atoms with Crippen LogP contribution < -0.4 is 5.32 Å². The molecule has 10 heteroatoms. The molecule has 3 heterocycles. The summed E-state index contributed by atoms with van der Waals surface area (Å²) in [6.07, 6.45) is 0. The maximum Gasteiger partial charge on any atom is 0.313 e. The monoisotopic (exact) mass is 604 g/mol. The quantitative estimate of drug-likeness (QED) is 0.261.